The number of amidine groups is 1. The Kier molecular flexibility index (Phi) is 5.34. The third kappa shape index (κ3) is 4.92. The van der Waals surface area contributed by atoms with Gasteiger partial charge >= 0.3 is 0 Å². The van der Waals surface area contributed by atoms with E-state index >= 15 is 0 Å². The van der Waals surface area contributed by atoms with Crippen LogP contribution in [0.1, 0.15) is 11.1 Å². The number of phenols is 1. The van der Waals surface area contributed by atoms with Gasteiger partial charge in [0.15, 0.2) is 5.17 Å². The molecule has 0 aliphatic rings. The lowest BCUT2D eigenvalue weighted by Crippen LogP contribution is -2.06. The molecule has 0 aliphatic carbocycles. The van der Waals surface area contributed by atoms with E-state index in [1.165, 1.54) is 36.2 Å². The molecule has 0 bridgehead atoms. The number of hydrogen-bond acceptors (Lipinski definition) is 4. The number of thioether (sulfide) groups is 1. The minimum atomic E-state index is -0.454. The zero-order valence-corrected chi connectivity index (χ0v) is 11.9. The van der Waals surface area contributed by atoms with Crippen molar-refractivity contribution in [2.75, 3.05) is 0 Å². The van der Waals surface area contributed by atoms with E-state index in [-0.39, 0.29) is 11.3 Å². The van der Waals surface area contributed by atoms with Crippen molar-refractivity contribution >= 4 is 23.1 Å². The van der Waals surface area contributed by atoms with Crippen LogP contribution in [0.2, 0.25) is 0 Å². The highest BCUT2D eigenvalue weighted by atomic mass is 32.2. The minimum Gasteiger partial charge on any atom is -0.507 e. The Morgan fingerprint density at radius 2 is 2.00 bits per heavy atom. The second-order valence-corrected chi connectivity index (χ2v) is 5.16. The van der Waals surface area contributed by atoms with Gasteiger partial charge in [-0.3, -0.25) is 0 Å². The molecule has 4 nitrogen and oxygen atoms in total. The van der Waals surface area contributed by atoms with Gasteiger partial charge in [-0.05, 0) is 23.8 Å². The van der Waals surface area contributed by atoms with Crippen molar-refractivity contribution < 1.29 is 9.50 Å². The van der Waals surface area contributed by atoms with Crippen molar-refractivity contribution in [3.05, 3.63) is 65.5 Å². The van der Waals surface area contributed by atoms with Gasteiger partial charge in [-0.2, -0.15) is 5.10 Å². The summed E-state index contributed by atoms with van der Waals surface area (Å²) in [6, 6.07) is 13.4. The molecule has 108 valence electrons. The van der Waals surface area contributed by atoms with Crippen LogP contribution in [-0.2, 0) is 5.75 Å². The first-order valence-corrected chi connectivity index (χ1v) is 7.15. The molecule has 2 aromatic carbocycles. The number of hydrogen-bond donors (Lipinski definition) is 2. The number of nitrogens with two attached hydrogens (primary N) is 1. The van der Waals surface area contributed by atoms with Crippen molar-refractivity contribution in [1.29, 1.82) is 0 Å². The monoisotopic (exact) mass is 303 g/mol. The van der Waals surface area contributed by atoms with Gasteiger partial charge in [0.05, 0.1) is 6.21 Å². The fourth-order valence-corrected chi connectivity index (χ4v) is 2.15. The standard InChI is InChI=1S/C15H14FN3OS/c16-13-6-7-14(20)12(8-13)9-18-19-15(17)21-10-11-4-2-1-3-5-11/h1-9,20H,10H2,(H2,17,19). The Labute approximate surface area is 126 Å². The molecule has 0 aliphatic heterocycles. The minimum absolute atomic E-state index is 0.0640. The summed E-state index contributed by atoms with van der Waals surface area (Å²) in [5, 5.41) is 17.4. The van der Waals surface area contributed by atoms with Crippen molar-refractivity contribution in [3.8, 4) is 5.75 Å². The predicted molar refractivity (Wildman–Crippen MR) is 85.0 cm³/mol. The van der Waals surface area contributed by atoms with E-state index in [4.69, 9.17) is 5.73 Å². The van der Waals surface area contributed by atoms with Gasteiger partial charge < -0.3 is 10.8 Å². The Morgan fingerprint density at radius 1 is 1.24 bits per heavy atom. The fraction of sp³-hybridized carbons (Fsp3) is 0.0667. The molecular weight excluding hydrogens is 289 g/mol. The molecule has 2 aromatic rings. The second-order valence-electron chi connectivity index (χ2n) is 4.16. The molecule has 0 amide bonds. The maximum atomic E-state index is 13.0. The molecular formula is C15H14FN3OS. The third-order valence-corrected chi connectivity index (χ3v) is 3.43. The Hall–Kier alpha value is -2.34. The highest BCUT2D eigenvalue weighted by Crippen LogP contribution is 2.16. The molecule has 0 radical (unpaired) electrons. The van der Waals surface area contributed by atoms with E-state index in [0.29, 0.717) is 10.9 Å². The molecule has 0 heterocycles. The smallest absolute Gasteiger partial charge is 0.180 e. The summed E-state index contributed by atoms with van der Waals surface area (Å²) in [6.07, 6.45) is 1.26. The first kappa shape index (κ1) is 15.1. The van der Waals surface area contributed by atoms with Crippen LogP contribution in [0, 0.1) is 5.82 Å². The van der Waals surface area contributed by atoms with E-state index < -0.39 is 5.82 Å². The van der Waals surface area contributed by atoms with Gasteiger partial charge in [-0.1, -0.05) is 42.1 Å². The van der Waals surface area contributed by atoms with E-state index in [1.54, 1.807) is 0 Å². The largest absolute Gasteiger partial charge is 0.507 e. The summed E-state index contributed by atoms with van der Waals surface area (Å²) in [7, 11) is 0. The van der Waals surface area contributed by atoms with Crippen LogP contribution >= 0.6 is 11.8 Å². The summed E-state index contributed by atoms with van der Waals surface area (Å²) < 4.78 is 13.0. The Balaban J connectivity index is 1.93. The molecule has 2 rings (SSSR count). The van der Waals surface area contributed by atoms with Crippen LogP contribution in [-0.4, -0.2) is 16.5 Å². The lowest BCUT2D eigenvalue weighted by molar-refractivity contribution is 0.472. The normalized spacial score (nSPS) is 12.0. The first-order chi connectivity index (χ1) is 10.1. The molecule has 0 aromatic heterocycles. The van der Waals surface area contributed by atoms with E-state index in [2.05, 4.69) is 10.2 Å². The number of aromatic hydroxyl groups is 1. The number of phenolic OH excluding ortho intramolecular Hbond substituents is 1. The molecule has 0 atom stereocenters. The van der Waals surface area contributed by atoms with Crippen molar-refractivity contribution in [3.63, 3.8) is 0 Å². The Morgan fingerprint density at radius 3 is 2.76 bits per heavy atom. The van der Waals surface area contributed by atoms with Crippen LogP contribution in [0.15, 0.2) is 58.7 Å². The molecule has 21 heavy (non-hydrogen) atoms. The van der Waals surface area contributed by atoms with Gasteiger partial charge in [-0.25, -0.2) is 4.39 Å². The van der Waals surface area contributed by atoms with E-state index in [1.807, 2.05) is 30.3 Å². The fourth-order valence-electron chi connectivity index (χ4n) is 1.54. The topological polar surface area (TPSA) is 71.0 Å². The average Bonchev–Trinajstić information content (AvgIpc) is 2.50. The lowest BCUT2D eigenvalue weighted by Gasteiger charge is -1.99. The van der Waals surface area contributed by atoms with Crippen LogP contribution in [0.25, 0.3) is 0 Å². The maximum absolute atomic E-state index is 13.0. The molecule has 0 saturated carbocycles. The summed E-state index contributed by atoms with van der Waals surface area (Å²) >= 11 is 1.35. The van der Waals surface area contributed by atoms with E-state index in [9.17, 15) is 9.50 Å². The highest BCUT2D eigenvalue weighted by molar-refractivity contribution is 8.13. The second kappa shape index (κ2) is 7.44. The van der Waals surface area contributed by atoms with Gasteiger partial charge in [0.1, 0.15) is 11.6 Å². The van der Waals surface area contributed by atoms with Crippen LogP contribution < -0.4 is 5.73 Å². The van der Waals surface area contributed by atoms with Crippen molar-refractivity contribution in [1.82, 2.24) is 0 Å². The number of benzene rings is 2. The SMILES string of the molecule is NC(=NN=Cc1cc(F)ccc1O)SCc1ccccc1. The van der Waals surface area contributed by atoms with Crippen molar-refractivity contribution in [2.24, 2.45) is 15.9 Å². The molecule has 3 N–H and O–H groups in total. The van der Waals surface area contributed by atoms with Gasteiger partial charge in [0.25, 0.3) is 0 Å². The third-order valence-electron chi connectivity index (χ3n) is 2.57. The number of halogens is 1. The lowest BCUT2D eigenvalue weighted by atomic mass is 10.2. The summed E-state index contributed by atoms with van der Waals surface area (Å²) in [5.74, 6) is 0.173. The number of nitrogens with zero attached hydrogens (tertiary/aromatic N) is 2. The van der Waals surface area contributed by atoms with Crippen LogP contribution in [0.5, 0.6) is 5.75 Å². The summed E-state index contributed by atoms with van der Waals surface area (Å²) in [5.41, 5.74) is 7.10. The maximum Gasteiger partial charge on any atom is 0.180 e. The zero-order chi connectivity index (χ0) is 15.1. The van der Waals surface area contributed by atoms with Crippen LogP contribution in [0.3, 0.4) is 0 Å². The summed E-state index contributed by atoms with van der Waals surface area (Å²) in [6.45, 7) is 0. The molecule has 0 spiro atoms. The molecule has 6 heteroatoms. The highest BCUT2D eigenvalue weighted by Gasteiger charge is 2.00. The Bertz CT molecular complexity index is 659. The quantitative estimate of drug-likeness (QED) is 0.518. The van der Waals surface area contributed by atoms with Gasteiger partial charge in [-0.15, -0.1) is 5.10 Å². The molecule has 0 saturated heterocycles. The first-order valence-electron chi connectivity index (χ1n) is 6.17. The van der Waals surface area contributed by atoms with E-state index in [0.717, 1.165) is 5.56 Å². The van der Waals surface area contributed by atoms with Crippen molar-refractivity contribution in [2.45, 2.75) is 5.75 Å². The average molecular weight is 303 g/mol. The van der Waals surface area contributed by atoms with Gasteiger partial charge in [0, 0.05) is 11.3 Å². The van der Waals surface area contributed by atoms with Gasteiger partial charge in [0.2, 0.25) is 0 Å². The van der Waals surface area contributed by atoms with Crippen LogP contribution in [0.4, 0.5) is 4.39 Å². The zero-order valence-electron chi connectivity index (χ0n) is 11.1. The molecule has 0 fully saturated rings. The predicted octanol–water partition coefficient (Wildman–Crippen LogP) is 3.11. The molecule has 0 unspecified atom stereocenters. The number of rotatable bonds is 4. The summed E-state index contributed by atoms with van der Waals surface area (Å²) in [4.78, 5) is 0.